The van der Waals surface area contributed by atoms with Gasteiger partial charge in [-0.05, 0) is 48.4 Å². The standard InChI is InChI=1S/C17H18FNO3.C2H2O4/c1-20-15-8-13(9-16-17(15)22-11-21-16)10-19-6-5-12-3-2-4-14(18)7-12;3-1(4)2(5)6/h2-4,7-9,19H,5-6,10-11H2,1H3;(H,3,4)(H,5,6). The summed E-state index contributed by atoms with van der Waals surface area (Å²) in [5.74, 6) is -1.80. The van der Waals surface area contributed by atoms with Crippen molar-refractivity contribution in [2.24, 2.45) is 0 Å². The molecular weight excluding hydrogens is 373 g/mol. The van der Waals surface area contributed by atoms with E-state index in [2.05, 4.69) is 5.32 Å². The Labute approximate surface area is 160 Å². The molecule has 1 aliphatic rings. The number of carboxylic acids is 2. The number of carboxylic acid groups (broad SMARTS) is 2. The van der Waals surface area contributed by atoms with Crippen molar-refractivity contribution in [3.05, 3.63) is 53.3 Å². The molecule has 28 heavy (non-hydrogen) atoms. The van der Waals surface area contributed by atoms with Gasteiger partial charge in [-0.25, -0.2) is 14.0 Å². The lowest BCUT2D eigenvalue weighted by atomic mass is 10.1. The van der Waals surface area contributed by atoms with E-state index >= 15 is 0 Å². The number of methoxy groups -OCH3 is 1. The summed E-state index contributed by atoms with van der Waals surface area (Å²) in [6, 6.07) is 10.5. The first-order valence-electron chi connectivity index (χ1n) is 8.28. The van der Waals surface area contributed by atoms with Crippen LogP contribution in [0.15, 0.2) is 36.4 Å². The molecule has 2 aromatic carbocycles. The molecule has 0 atom stereocenters. The summed E-state index contributed by atoms with van der Waals surface area (Å²) in [6.07, 6.45) is 0.777. The Hall–Kier alpha value is -3.33. The van der Waals surface area contributed by atoms with Crippen LogP contribution in [0.3, 0.4) is 0 Å². The van der Waals surface area contributed by atoms with Gasteiger partial charge in [-0.3, -0.25) is 0 Å². The third-order valence-corrected chi connectivity index (χ3v) is 3.71. The fourth-order valence-corrected chi connectivity index (χ4v) is 2.44. The van der Waals surface area contributed by atoms with Gasteiger partial charge in [0, 0.05) is 6.54 Å². The highest BCUT2D eigenvalue weighted by Gasteiger charge is 2.19. The molecule has 0 radical (unpaired) electrons. The number of hydrogen-bond acceptors (Lipinski definition) is 6. The van der Waals surface area contributed by atoms with E-state index in [0.717, 1.165) is 24.1 Å². The van der Waals surface area contributed by atoms with Gasteiger partial charge in [-0.2, -0.15) is 0 Å². The number of carbonyl (C=O) groups is 2. The van der Waals surface area contributed by atoms with E-state index in [0.29, 0.717) is 23.8 Å². The van der Waals surface area contributed by atoms with E-state index in [9.17, 15) is 4.39 Å². The number of hydrogen-bond donors (Lipinski definition) is 3. The molecule has 9 heteroatoms. The van der Waals surface area contributed by atoms with Crippen molar-refractivity contribution in [1.29, 1.82) is 0 Å². The van der Waals surface area contributed by atoms with E-state index in [4.69, 9.17) is 34.0 Å². The largest absolute Gasteiger partial charge is 0.493 e. The van der Waals surface area contributed by atoms with Gasteiger partial charge in [0.25, 0.3) is 0 Å². The maximum absolute atomic E-state index is 13.1. The van der Waals surface area contributed by atoms with Crippen LogP contribution in [0.25, 0.3) is 0 Å². The Bertz CT molecular complexity index is 829. The predicted octanol–water partition coefficient (Wildman–Crippen LogP) is 2.05. The maximum atomic E-state index is 13.1. The first-order valence-corrected chi connectivity index (χ1v) is 8.28. The van der Waals surface area contributed by atoms with Gasteiger partial charge in [-0.1, -0.05) is 12.1 Å². The fourth-order valence-electron chi connectivity index (χ4n) is 2.44. The SMILES string of the molecule is COc1cc(CNCCc2cccc(F)c2)cc2c1OCO2.O=C(O)C(=O)O. The van der Waals surface area contributed by atoms with Crippen LogP contribution < -0.4 is 19.5 Å². The number of nitrogens with one attached hydrogen (secondary N) is 1. The molecule has 8 nitrogen and oxygen atoms in total. The summed E-state index contributed by atoms with van der Waals surface area (Å²) in [4.78, 5) is 18.2. The van der Waals surface area contributed by atoms with Crippen LogP contribution in [-0.2, 0) is 22.6 Å². The summed E-state index contributed by atoms with van der Waals surface area (Å²) in [6.45, 7) is 1.67. The summed E-state index contributed by atoms with van der Waals surface area (Å²) in [5.41, 5.74) is 2.04. The zero-order valence-corrected chi connectivity index (χ0v) is 15.1. The zero-order valence-electron chi connectivity index (χ0n) is 15.1. The molecule has 3 rings (SSSR count). The lowest BCUT2D eigenvalue weighted by Gasteiger charge is -2.09. The van der Waals surface area contributed by atoms with Crippen molar-refractivity contribution in [3.63, 3.8) is 0 Å². The van der Waals surface area contributed by atoms with Gasteiger partial charge in [0.05, 0.1) is 7.11 Å². The Morgan fingerprint density at radius 1 is 1.14 bits per heavy atom. The van der Waals surface area contributed by atoms with E-state index in [1.54, 1.807) is 19.2 Å². The third kappa shape index (κ3) is 6.13. The maximum Gasteiger partial charge on any atom is 0.414 e. The van der Waals surface area contributed by atoms with Crippen molar-refractivity contribution in [3.8, 4) is 17.2 Å². The summed E-state index contributed by atoms with van der Waals surface area (Å²) < 4.78 is 29.2. The van der Waals surface area contributed by atoms with Gasteiger partial charge in [0.2, 0.25) is 12.5 Å². The van der Waals surface area contributed by atoms with E-state index < -0.39 is 11.9 Å². The van der Waals surface area contributed by atoms with E-state index in [1.807, 2.05) is 18.2 Å². The van der Waals surface area contributed by atoms with Crippen LogP contribution >= 0.6 is 0 Å². The Kier molecular flexibility index (Phi) is 7.58. The van der Waals surface area contributed by atoms with Crippen LogP contribution in [0.5, 0.6) is 17.2 Å². The van der Waals surface area contributed by atoms with Gasteiger partial charge in [0.15, 0.2) is 11.5 Å². The van der Waals surface area contributed by atoms with Crippen LogP contribution in [-0.4, -0.2) is 42.6 Å². The quantitative estimate of drug-likeness (QED) is 0.505. The van der Waals surface area contributed by atoms with Crippen molar-refractivity contribution >= 4 is 11.9 Å². The minimum absolute atomic E-state index is 0.196. The first-order chi connectivity index (χ1) is 13.4. The summed E-state index contributed by atoms with van der Waals surface area (Å²) >= 11 is 0. The molecule has 0 saturated carbocycles. The van der Waals surface area contributed by atoms with E-state index in [-0.39, 0.29) is 12.6 Å². The molecule has 3 N–H and O–H groups in total. The van der Waals surface area contributed by atoms with Crippen LogP contribution in [0.4, 0.5) is 4.39 Å². The highest BCUT2D eigenvalue weighted by atomic mass is 19.1. The Balaban J connectivity index is 0.000000409. The van der Waals surface area contributed by atoms with Gasteiger partial charge < -0.3 is 29.7 Å². The summed E-state index contributed by atoms with van der Waals surface area (Å²) in [7, 11) is 1.61. The molecule has 0 fully saturated rings. The fraction of sp³-hybridized carbons (Fsp3) is 0.263. The van der Waals surface area contributed by atoms with Crippen LogP contribution in [0, 0.1) is 5.82 Å². The Morgan fingerprint density at radius 2 is 1.89 bits per heavy atom. The zero-order chi connectivity index (χ0) is 20.5. The van der Waals surface area contributed by atoms with Crippen molar-refractivity contribution in [1.82, 2.24) is 5.32 Å². The topological polar surface area (TPSA) is 114 Å². The number of halogens is 1. The predicted molar refractivity (Wildman–Crippen MR) is 96.2 cm³/mol. The van der Waals surface area contributed by atoms with Crippen LogP contribution in [0.1, 0.15) is 11.1 Å². The minimum Gasteiger partial charge on any atom is -0.493 e. The summed E-state index contributed by atoms with van der Waals surface area (Å²) in [5, 5.41) is 18.1. The molecule has 0 spiro atoms. The molecule has 1 aliphatic heterocycles. The molecule has 1 heterocycles. The number of fused-ring (bicyclic) bond motifs is 1. The molecule has 0 bridgehead atoms. The smallest absolute Gasteiger partial charge is 0.414 e. The molecule has 150 valence electrons. The molecule has 2 aromatic rings. The monoisotopic (exact) mass is 393 g/mol. The molecule has 0 aliphatic carbocycles. The average molecular weight is 393 g/mol. The number of ether oxygens (including phenoxy) is 3. The normalized spacial score (nSPS) is 11.4. The molecular formula is C19H20FNO7. The molecule has 0 aromatic heterocycles. The van der Waals surface area contributed by atoms with Gasteiger partial charge in [-0.15, -0.1) is 0 Å². The molecule has 0 saturated heterocycles. The lowest BCUT2D eigenvalue weighted by molar-refractivity contribution is -0.159. The minimum atomic E-state index is -1.82. The highest BCUT2D eigenvalue weighted by Crippen LogP contribution is 2.41. The number of benzene rings is 2. The van der Waals surface area contributed by atoms with Gasteiger partial charge in [0.1, 0.15) is 5.82 Å². The van der Waals surface area contributed by atoms with Gasteiger partial charge >= 0.3 is 11.9 Å². The Morgan fingerprint density at radius 3 is 2.54 bits per heavy atom. The molecule has 0 unspecified atom stereocenters. The molecule has 0 amide bonds. The van der Waals surface area contributed by atoms with Crippen molar-refractivity contribution in [2.45, 2.75) is 13.0 Å². The number of aliphatic carboxylic acids is 2. The second kappa shape index (κ2) is 10.1. The van der Waals surface area contributed by atoms with E-state index in [1.165, 1.54) is 6.07 Å². The highest BCUT2D eigenvalue weighted by molar-refractivity contribution is 6.27. The van der Waals surface area contributed by atoms with Crippen LogP contribution in [0.2, 0.25) is 0 Å². The number of rotatable bonds is 6. The second-order valence-corrected chi connectivity index (χ2v) is 5.70. The van der Waals surface area contributed by atoms with Crippen molar-refractivity contribution < 1.29 is 38.4 Å². The first kappa shape index (κ1) is 21.0. The lowest BCUT2D eigenvalue weighted by Crippen LogP contribution is -2.16. The second-order valence-electron chi connectivity index (χ2n) is 5.70. The average Bonchev–Trinajstić information content (AvgIpc) is 3.13. The van der Waals surface area contributed by atoms with Crippen molar-refractivity contribution in [2.75, 3.05) is 20.4 Å². The third-order valence-electron chi connectivity index (χ3n) is 3.71.